The monoisotopic (exact) mass is 330 g/mol. The minimum atomic E-state index is 0. The molecule has 0 aliphatic carbocycles. The van der Waals surface area contributed by atoms with Crippen LogP contribution in [0.5, 0.6) is 0 Å². The molecule has 0 fully saturated rings. The summed E-state index contributed by atoms with van der Waals surface area (Å²) in [6, 6.07) is 13.9. The Morgan fingerprint density at radius 2 is 1.96 bits per heavy atom. The molecule has 0 spiro atoms. The first-order chi connectivity index (χ1) is 11.7. The van der Waals surface area contributed by atoms with Gasteiger partial charge in [0.15, 0.2) is 0 Å². The molecule has 4 rings (SSSR count). The van der Waals surface area contributed by atoms with Gasteiger partial charge >= 0.3 is 0 Å². The van der Waals surface area contributed by atoms with Gasteiger partial charge in [-0.25, -0.2) is 4.98 Å². The summed E-state index contributed by atoms with van der Waals surface area (Å²) in [7, 11) is 0. The van der Waals surface area contributed by atoms with Gasteiger partial charge in [-0.15, -0.1) is 0 Å². The van der Waals surface area contributed by atoms with Gasteiger partial charge in [0.1, 0.15) is 5.76 Å². The highest BCUT2D eigenvalue weighted by Crippen LogP contribution is 2.35. The fourth-order valence-electron chi connectivity index (χ4n) is 3.07. The minimum absolute atomic E-state index is 0. The van der Waals surface area contributed by atoms with Crippen molar-refractivity contribution < 1.29 is 4.52 Å². The van der Waals surface area contributed by atoms with Crippen molar-refractivity contribution in [3.05, 3.63) is 59.7 Å². The Morgan fingerprint density at radius 1 is 1.12 bits per heavy atom. The molecule has 1 N–H and O–H groups in total. The molecule has 0 aliphatic heterocycles. The number of hydrogen-bond donors (Lipinski definition) is 1. The van der Waals surface area contributed by atoms with Gasteiger partial charge in [-0.05, 0) is 49.2 Å². The molecule has 4 aromatic rings. The van der Waals surface area contributed by atoms with Gasteiger partial charge in [0.2, 0.25) is 0 Å². The topological polar surface area (TPSA) is 78.5 Å². The second kappa shape index (κ2) is 6.25. The molecule has 2 aromatic heterocycles. The molecule has 0 saturated carbocycles. The molecule has 0 atom stereocenters. The smallest absolute Gasteiger partial charge is 0.141 e. The molecule has 0 bridgehead atoms. The largest absolute Gasteiger partial charge is 0.361 e. The van der Waals surface area contributed by atoms with Gasteiger partial charge in [-0.2, -0.15) is 5.26 Å². The van der Waals surface area contributed by atoms with E-state index in [-0.39, 0.29) is 7.43 Å². The maximum atomic E-state index is 9.17. The molecule has 0 radical (unpaired) electrons. The van der Waals surface area contributed by atoms with Crippen molar-refractivity contribution in [2.75, 3.05) is 0 Å². The zero-order valence-electron chi connectivity index (χ0n) is 13.3. The van der Waals surface area contributed by atoms with Gasteiger partial charge in [0.05, 0.1) is 34.7 Å². The van der Waals surface area contributed by atoms with E-state index < -0.39 is 0 Å². The fourth-order valence-corrected chi connectivity index (χ4v) is 3.07. The minimum Gasteiger partial charge on any atom is -0.361 e. The number of nitrogens with one attached hydrogen (secondary N) is 1. The van der Waals surface area contributed by atoms with Crippen molar-refractivity contribution in [2.45, 2.75) is 21.3 Å². The number of fused-ring (bicyclic) bond motifs is 1. The van der Waals surface area contributed by atoms with E-state index in [9.17, 15) is 0 Å². The summed E-state index contributed by atoms with van der Waals surface area (Å²) in [4.78, 5) is 7.61. The summed E-state index contributed by atoms with van der Waals surface area (Å²) in [6.45, 7) is 3.83. The first-order valence-electron chi connectivity index (χ1n) is 7.58. The SMILES string of the molecule is C.Cc1noc(C)c1-c1cc(-c2cccc(C#N)c2)c2nc[nH]c2c1. The van der Waals surface area contributed by atoms with Gasteiger partial charge in [0, 0.05) is 11.1 Å². The van der Waals surface area contributed by atoms with Crippen LogP contribution in [0, 0.1) is 25.2 Å². The number of hydrogen-bond acceptors (Lipinski definition) is 4. The predicted molar refractivity (Wildman–Crippen MR) is 97.9 cm³/mol. The van der Waals surface area contributed by atoms with Crippen LogP contribution in [-0.2, 0) is 0 Å². The lowest BCUT2D eigenvalue weighted by Crippen LogP contribution is -1.88. The Balaban J connectivity index is 0.00000182. The lowest BCUT2D eigenvalue weighted by atomic mass is 9.96. The molecule has 124 valence electrons. The second-order valence-corrected chi connectivity index (χ2v) is 5.71. The first kappa shape index (κ1) is 16.5. The van der Waals surface area contributed by atoms with Crippen molar-refractivity contribution in [2.24, 2.45) is 0 Å². The zero-order chi connectivity index (χ0) is 16.7. The summed E-state index contributed by atoms with van der Waals surface area (Å²) < 4.78 is 5.31. The number of aryl methyl sites for hydroxylation is 2. The van der Waals surface area contributed by atoms with Crippen molar-refractivity contribution in [1.82, 2.24) is 15.1 Å². The molecule has 25 heavy (non-hydrogen) atoms. The Hall–Kier alpha value is -3.39. The molecular weight excluding hydrogens is 312 g/mol. The molecule has 5 heteroatoms. The van der Waals surface area contributed by atoms with Crippen LogP contribution < -0.4 is 0 Å². The lowest BCUT2D eigenvalue weighted by Gasteiger charge is -2.08. The van der Waals surface area contributed by atoms with Gasteiger partial charge in [-0.3, -0.25) is 0 Å². The van der Waals surface area contributed by atoms with Crippen LogP contribution in [0.4, 0.5) is 0 Å². The Bertz CT molecular complexity index is 1080. The van der Waals surface area contributed by atoms with Crippen LogP contribution >= 0.6 is 0 Å². The van der Waals surface area contributed by atoms with E-state index in [1.54, 1.807) is 12.4 Å². The molecule has 5 nitrogen and oxygen atoms in total. The van der Waals surface area contributed by atoms with Crippen LogP contribution in [0.2, 0.25) is 0 Å². The Labute approximate surface area is 145 Å². The third kappa shape index (κ3) is 2.68. The molecule has 0 saturated heterocycles. The quantitative estimate of drug-likeness (QED) is 0.560. The fraction of sp³-hybridized carbons (Fsp3) is 0.150. The molecule has 2 aromatic carbocycles. The standard InChI is InChI=1S/C19H14N4O.CH4/c1-11-18(12(2)24-23-11)15-7-16(19-17(8-15)21-10-22-19)14-5-3-4-13(6-14)9-20;/h3-8,10H,1-2H3,(H,21,22);1H4. The average Bonchev–Trinajstić information content (AvgIpc) is 3.20. The number of rotatable bonds is 2. The number of aromatic amines is 1. The summed E-state index contributed by atoms with van der Waals surface area (Å²) >= 11 is 0. The second-order valence-electron chi connectivity index (χ2n) is 5.71. The number of aromatic nitrogens is 3. The van der Waals surface area contributed by atoms with Crippen LogP contribution in [0.1, 0.15) is 24.4 Å². The maximum absolute atomic E-state index is 9.17. The van der Waals surface area contributed by atoms with Crippen LogP contribution in [0.25, 0.3) is 33.3 Å². The van der Waals surface area contributed by atoms with Gasteiger partial charge < -0.3 is 9.51 Å². The normalized spacial score (nSPS) is 10.4. The molecule has 0 aliphatic rings. The number of H-pyrrole nitrogens is 1. The van der Waals surface area contributed by atoms with E-state index in [4.69, 9.17) is 9.78 Å². The van der Waals surface area contributed by atoms with Crippen LogP contribution in [0.15, 0.2) is 47.2 Å². The third-order valence-electron chi connectivity index (χ3n) is 4.15. The lowest BCUT2D eigenvalue weighted by molar-refractivity contribution is 0.393. The third-order valence-corrected chi connectivity index (χ3v) is 4.15. The highest BCUT2D eigenvalue weighted by molar-refractivity contribution is 5.96. The highest BCUT2D eigenvalue weighted by atomic mass is 16.5. The summed E-state index contributed by atoms with van der Waals surface area (Å²) in [6.07, 6.45) is 1.68. The number of imidazole rings is 1. The van der Waals surface area contributed by atoms with E-state index in [1.807, 2.05) is 38.1 Å². The predicted octanol–water partition coefficient (Wildman–Crippen LogP) is 5.01. The molecule has 0 unspecified atom stereocenters. The van der Waals surface area contributed by atoms with Crippen molar-refractivity contribution >= 4 is 11.0 Å². The van der Waals surface area contributed by atoms with Crippen LogP contribution in [-0.4, -0.2) is 15.1 Å². The highest BCUT2D eigenvalue weighted by Gasteiger charge is 2.16. The first-order valence-corrected chi connectivity index (χ1v) is 7.58. The van der Waals surface area contributed by atoms with Crippen molar-refractivity contribution in [3.63, 3.8) is 0 Å². The Kier molecular flexibility index (Phi) is 4.12. The Morgan fingerprint density at radius 3 is 2.68 bits per heavy atom. The van der Waals surface area contributed by atoms with E-state index >= 15 is 0 Å². The van der Waals surface area contributed by atoms with E-state index in [2.05, 4.69) is 27.3 Å². The molecule has 2 heterocycles. The van der Waals surface area contributed by atoms with E-state index in [1.165, 1.54) is 0 Å². The number of nitrogens with zero attached hydrogens (tertiary/aromatic N) is 3. The number of nitriles is 1. The maximum Gasteiger partial charge on any atom is 0.141 e. The van der Waals surface area contributed by atoms with Gasteiger partial charge in [-0.1, -0.05) is 24.7 Å². The summed E-state index contributed by atoms with van der Waals surface area (Å²) in [5.74, 6) is 0.781. The summed E-state index contributed by atoms with van der Waals surface area (Å²) in [5, 5.41) is 13.2. The van der Waals surface area contributed by atoms with Gasteiger partial charge in [0.25, 0.3) is 0 Å². The van der Waals surface area contributed by atoms with Crippen LogP contribution in [0.3, 0.4) is 0 Å². The molecular formula is C20H18N4O. The molecule has 0 amide bonds. The van der Waals surface area contributed by atoms with Crippen molar-refractivity contribution in [1.29, 1.82) is 5.26 Å². The van der Waals surface area contributed by atoms with E-state index in [0.29, 0.717) is 5.56 Å². The van der Waals surface area contributed by atoms with Crippen molar-refractivity contribution in [3.8, 4) is 28.3 Å². The average molecular weight is 330 g/mol. The number of benzene rings is 2. The summed E-state index contributed by atoms with van der Waals surface area (Å²) in [5.41, 5.74) is 7.22. The van der Waals surface area contributed by atoms with E-state index in [0.717, 1.165) is 44.7 Å². The zero-order valence-corrected chi connectivity index (χ0v) is 13.3.